The summed E-state index contributed by atoms with van der Waals surface area (Å²) in [5.74, 6) is 1.73. The Morgan fingerprint density at radius 1 is 1.00 bits per heavy atom. The van der Waals surface area contributed by atoms with E-state index >= 15 is 0 Å². The summed E-state index contributed by atoms with van der Waals surface area (Å²) in [6.45, 7) is 2.80. The fraction of sp³-hybridized carbons (Fsp3) is 0.250. The van der Waals surface area contributed by atoms with Crippen LogP contribution in [0.15, 0.2) is 42.5 Å². The molecule has 19 heavy (non-hydrogen) atoms. The van der Waals surface area contributed by atoms with Crippen molar-refractivity contribution in [3.05, 3.63) is 53.6 Å². The zero-order valence-corrected chi connectivity index (χ0v) is 11.6. The van der Waals surface area contributed by atoms with Gasteiger partial charge in [-0.2, -0.15) is 0 Å². The third-order valence-electron chi connectivity index (χ3n) is 2.97. The molecular formula is C16H19NO2. The van der Waals surface area contributed by atoms with Crippen molar-refractivity contribution >= 4 is 5.69 Å². The highest BCUT2D eigenvalue weighted by Gasteiger charge is 2.03. The Balaban J connectivity index is 2.11. The number of rotatable bonds is 5. The fourth-order valence-electron chi connectivity index (χ4n) is 1.94. The molecule has 3 heteroatoms. The Bertz CT molecular complexity index is 552. The lowest BCUT2D eigenvalue weighted by Crippen LogP contribution is -2.02. The standard InChI is InChI=1S/C16H19NO2/c1-12-7-8-16(19-3)15(9-12)17-11-13-5-4-6-14(10-13)18-2/h4-10,17H,11H2,1-3H3. The van der Waals surface area contributed by atoms with Gasteiger partial charge in [-0.3, -0.25) is 0 Å². The maximum atomic E-state index is 5.35. The van der Waals surface area contributed by atoms with Gasteiger partial charge in [0.25, 0.3) is 0 Å². The van der Waals surface area contributed by atoms with E-state index in [1.54, 1.807) is 14.2 Å². The Labute approximate surface area is 114 Å². The van der Waals surface area contributed by atoms with Gasteiger partial charge in [0, 0.05) is 6.54 Å². The predicted molar refractivity (Wildman–Crippen MR) is 78.1 cm³/mol. The van der Waals surface area contributed by atoms with Crippen LogP contribution in [-0.2, 0) is 6.54 Å². The average Bonchev–Trinajstić information content (AvgIpc) is 2.45. The molecule has 0 saturated heterocycles. The molecular weight excluding hydrogens is 238 g/mol. The van der Waals surface area contributed by atoms with Crippen molar-refractivity contribution < 1.29 is 9.47 Å². The number of benzene rings is 2. The number of hydrogen-bond donors (Lipinski definition) is 1. The number of ether oxygens (including phenoxy) is 2. The zero-order valence-electron chi connectivity index (χ0n) is 11.6. The first kappa shape index (κ1) is 13.3. The SMILES string of the molecule is COc1cccc(CNc2cc(C)ccc2OC)c1. The molecule has 0 amide bonds. The second kappa shape index (κ2) is 6.14. The van der Waals surface area contributed by atoms with E-state index < -0.39 is 0 Å². The molecule has 0 fully saturated rings. The summed E-state index contributed by atoms with van der Waals surface area (Å²) >= 11 is 0. The van der Waals surface area contributed by atoms with Crippen LogP contribution in [-0.4, -0.2) is 14.2 Å². The second-order valence-electron chi connectivity index (χ2n) is 4.41. The molecule has 1 N–H and O–H groups in total. The number of methoxy groups -OCH3 is 2. The first-order valence-electron chi connectivity index (χ1n) is 6.24. The van der Waals surface area contributed by atoms with Crippen molar-refractivity contribution in [1.29, 1.82) is 0 Å². The summed E-state index contributed by atoms with van der Waals surface area (Å²) in [6.07, 6.45) is 0. The van der Waals surface area contributed by atoms with Crippen molar-refractivity contribution in [1.82, 2.24) is 0 Å². The normalized spacial score (nSPS) is 10.1. The van der Waals surface area contributed by atoms with E-state index in [0.29, 0.717) is 0 Å². The summed E-state index contributed by atoms with van der Waals surface area (Å²) in [4.78, 5) is 0. The minimum atomic E-state index is 0.733. The number of anilines is 1. The van der Waals surface area contributed by atoms with Crippen LogP contribution in [0.3, 0.4) is 0 Å². The Morgan fingerprint density at radius 2 is 1.84 bits per heavy atom. The molecule has 0 saturated carbocycles. The van der Waals surface area contributed by atoms with Gasteiger partial charge < -0.3 is 14.8 Å². The smallest absolute Gasteiger partial charge is 0.141 e. The maximum absolute atomic E-state index is 5.35. The predicted octanol–water partition coefficient (Wildman–Crippen LogP) is 3.62. The molecule has 100 valence electrons. The van der Waals surface area contributed by atoms with Crippen LogP contribution < -0.4 is 14.8 Å². The highest BCUT2D eigenvalue weighted by molar-refractivity contribution is 5.58. The highest BCUT2D eigenvalue weighted by Crippen LogP contribution is 2.26. The topological polar surface area (TPSA) is 30.5 Å². The summed E-state index contributed by atoms with van der Waals surface area (Å²) in [6, 6.07) is 14.1. The van der Waals surface area contributed by atoms with Crippen LogP contribution in [0, 0.1) is 6.92 Å². The lowest BCUT2D eigenvalue weighted by atomic mass is 10.2. The van der Waals surface area contributed by atoms with Crippen LogP contribution in [0.25, 0.3) is 0 Å². The van der Waals surface area contributed by atoms with Crippen molar-refractivity contribution in [2.75, 3.05) is 19.5 Å². The molecule has 0 spiro atoms. The first-order valence-corrected chi connectivity index (χ1v) is 6.24. The Hall–Kier alpha value is -2.16. The molecule has 0 atom stereocenters. The molecule has 2 rings (SSSR count). The van der Waals surface area contributed by atoms with Crippen molar-refractivity contribution in [3.8, 4) is 11.5 Å². The first-order chi connectivity index (χ1) is 9.22. The average molecular weight is 257 g/mol. The van der Waals surface area contributed by atoms with Crippen LogP contribution in [0.2, 0.25) is 0 Å². The van der Waals surface area contributed by atoms with Crippen molar-refractivity contribution in [2.24, 2.45) is 0 Å². The second-order valence-corrected chi connectivity index (χ2v) is 4.41. The quantitative estimate of drug-likeness (QED) is 0.887. The zero-order chi connectivity index (χ0) is 13.7. The van der Waals surface area contributed by atoms with Crippen LogP contribution in [0.4, 0.5) is 5.69 Å². The van der Waals surface area contributed by atoms with Crippen LogP contribution >= 0.6 is 0 Å². The minimum absolute atomic E-state index is 0.733. The molecule has 0 aliphatic heterocycles. The summed E-state index contributed by atoms with van der Waals surface area (Å²) in [5, 5.41) is 3.39. The third-order valence-corrected chi connectivity index (χ3v) is 2.97. The lowest BCUT2D eigenvalue weighted by molar-refractivity contribution is 0.414. The van der Waals surface area contributed by atoms with E-state index in [0.717, 1.165) is 23.7 Å². The van der Waals surface area contributed by atoms with Crippen LogP contribution in [0.5, 0.6) is 11.5 Å². The van der Waals surface area contributed by atoms with Gasteiger partial charge in [-0.05, 0) is 42.3 Å². The van der Waals surface area contributed by atoms with Gasteiger partial charge in [0.1, 0.15) is 11.5 Å². The highest BCUT2D eigenvalue weighted by atomic mass is 16.5. The van der Waals surface area contributed by atoms with Crippen molar-refractivity contribution in [2.45, 2.75) is 13.5 Å². The van der Waals surface area contributed by atoms with E-state index in [2.05, 4.69) is 24.4 Å². The third kappa shape index (κ3) is 3.41. The number of hydrogen-bond acceptors (Lipinski definition) is 3. The molecule has 2 aromatic carbocycles. The molecule has 2 aromatic rings. The molecule has 0 radical (unpaired) electrons. The lowest BCUT2D eigenvalue weighted by Gasteiger charge is -2.12. The molecule has 0 heterocycles. The summed E-state index contributed by atoms with van der Waals surface area (Å²) in [7, 11) is 3.36. The van der Waals surface area contributed by atoms with Gasteiger partial charge in [0.05, 0.1) is 19.9 Å². The van der Waals surface area contributed by atoms with Gasteiger partial charge in [-0.25, -0.2) is 0 Å². The van der Waals surface area contributed by atoms with Gasteiger partial charge in [-0.15, -0.1) is 0 Å². The largest absolute Gasteiger partial charge is 0.497 e. The summed E-state index contributed by atoms with van der Waals surface area (Å²) < 4.78 is 10.6. The molecule has 0 aliphatic carbocycles. The van der Waals surface area contributed by atoms with Gasteiger partial charge in [0.2, 0.25) is 0 Å². The van der Waals surface area contributed by atoms with E-state index in [-0.39, 0.29) is 0 Å². The van der Waals surface area contributed by atoms with E-state index in [9.17, 15) is 0 Å². The number of nitrogens with one attached hydrogen (secondary N) is 1. The van der Waals surface area contributed by atoms with Gasteiger partial charge in [0.15, 0.2) is 0 Å². The van der Waals surface area contributed by atoms with Crippen molar-refractivity contribution in [3.63, 3.8) is 0 Å². The number of aryl methyl sites for hydroxylation is 1. The maximum Gasteiger partial charge on any atom is 0.141 e. The van der Waals surface area contributed by atoms with E-state index in [1.165, 1.54) is 11.1 Å². The minimum Gasteiger partial charge on any atom is -0.497 e. The fourth-order valence-corrected chi connectivity index (χ4v) is 1.94. The van der Waals surface area contributed by atoms with Gasteiger partial charge in [-0.1, -0.05) is 18.2 Å². The molecule has 3 nitrogen and oxygen atoms in total. The van der Waals surface area contributed by atoms with Crippen LogP contribution in [0.1, 0.15) is 11.1 Å². The molecule has 0 aromatic heterocycles. The van der Waals surface area contributed by atoms with E-state index in [4.69, 9.17) is 9.47 Å². The Morgan fingerprint density at radius 3 is 2.58 bits per heavy atom. The Kier molecular flexibility index (Phi) is 4.29. The van der Waals surface area contributed by atoms with Gasteiger partial charge >= 0.3 is 0 Å². The molecule has 0 aliphatic rings. The molecule has 0 bridgehead atoms. The van der Waals surface area contributed by atoms with E-state index in [1.807, 2.05) is 30.3 Å². The summed E-state index contributed by atoms with van der Waals surface area (Å²) in [5.41, 5.74) is 3.38. The molecule has 0 unspecified atom stereocenters. The monoisotopic (exact) mass is 257 g/mol.